The molecule has 0 saturated heterocycles. The van der Waals surface area contributed by atoms with Crippen molar-refractivity contribution in [3.05, 3.63) is 53.0 Å². The molecular formula is C22H23N3O2. The van der Waals surface area contributed by atoms with Crippen LogP contribution in [-0.4, -0.2) is 28.7 Å². The molecule has 0 atom stereocenters. The van der Waals surface area contributed by atoms with E-state index in [-0.39, 0.29) is 0 Å². The summed E-state index contributed by atoms with van der Waals surface area (Å²) in [4.78, 5) is 14.1. The maximum atomic E-state index is 5.52. The molecule has 5 nitrogen and oxygen atoms in total. The largest absolute Gasteiger partial charge is 0.497 e. The molecule has 2 aromatic heterocycles. The van der Waals surface area contributed by atoms with Crippen molar-refractivity contribution in [1.82, 2.24) is 15.0 Å². The van der Waals surface area contributed by atoms with Crippen molar-refractivity contribution in [3.63, 3.8) is 0 Å². The third-order valence-corrected chi connectivity index (χ3v) is 4.13. The number of pyridine rings is 1. The minimum absolute atomic E-state index is 0.560. The van der Waals surface area contributed by atoms with E-state index >= 15 is 0 Å². The first-order valence-corrected chi connectivity index (χ1v) is 8.95. The Kier molecular flexibility index (Phi) is 5.81. The van der Waals surface area contributed by atoms with Crippen LogP contribution in [0.15, 0.2) is 42.5 Å². The molecule has 0 fully saturated rings. The predicted octanol–water partition coefficient (Wildman–Crippen LogP) is 3.21. The molecule has 2 heterocycles. The van der Waals surface area contributed by atoms with Crippen LogP contribution in [0.2, 0.25) is 0 Å². The maximum Gasteiger partial charge on any atom is 0.213 e. The average Bonchev–Trinajstić information content (AvgIpc) is 2.73. The number of hydrogen-bond donors (Lipinski definition) is 0. The van der Waals surface area contributed by atoms with Crippen molar-refractivity contribution in [2.24, 2.45) is 0 Å². The number of methoxy groups -OCH3 is 1. The number of aromatic nitrogens is 3. The second kappa shape index (κ2) is 8.45. The van der Waals surface area contributed by atoms with Gasteiger partial charge in [-0.1, -0.05) is 30.4 Å². The highest BCUT2D eigenvalue weighted by Crippen LogP contribution is 2.22. The summed E-state index contributed by atoms with van der Waals surface area (Å²) in [7, 11) is 1.66. The van der Waals surface area contributed by atoms with Gasteiger partial charge in [-0.05, 0) is 39.0 Å². The SMILES string of the molecule is C/C=c1/c(-c2cccc(OC)c2)nc(-c2cccc(OCC)n2)n/c1=C/C. The van der Waals surface area contributed by atoms with Gasteiger partial charge in [-0.3, -0.25) is 0 Å². The average molecular weight is 361 g/mol. The van der Waals surface area contributed by atoms with Gasteiger partial charge in [0.15, 0.2) is 5.82 Å². The van der Waals surface area contributed by atoms with Crippen molar-refractivity contribution >= 4 is 12.2 Å². The maximum absolute atomic E-state index is 5.52. The monoisotopic (exact) mass is 361 g/mol. The fraction of sp³-hybridized carbons (Fsp3) is 0.227. The van der Waals surface area contributed by atoms with E-state index in [2.05, 4.69) is 4.98 Å². The zero-order chi connectivity index (χ0) is 19.2. The van der Waals surface area contributed by atoms with Crippen molar-refractivity contribution in [3.8, 4) is 34.4 Å². The summed E-state index contributed by atoms with van der Waals surface area (Å²) >= 11 is 0. The molecule has 1 aromatic carbocycles. The smallest absolute Gasteiger partial charge is 0.213 e. The van der Waals surface area contributed by atoms with Gasteiger partial charge in [-0.25, -0.2) is 15.0 Å². The Hall–Kier alpha value is -3.21. The number of rotatable bonds is 5. The fourth-order valence-electron chi connectivity index (χ4n) is 2.86. The molecule has 0 N–H and O–H groups in total. The standard InChI is InChI=1S/C22H23N3O2/c1-5-17-18(6-2)24-22(19-12-9-13-20(23-19)27-7-3)25-21(17)15-10-8-11-16(14-15)26-4/h5-6,8-14H,7H2,1-4H3/b17-5+,18-6+. The first-order valence-electron chi connectivity index (χ1n) is 8.95. The van der Waals surface area contributed by atoms with Crippen LogP contribution in [-0.2, 0) is 0 Å². The first-order chi connectivity index (χ1) is 13.2. The van der Waals surface area contributed by atoms with E-state index in [1.54, 1.807) is 7.11 Å². The Morgan fingerprint density at radius 2 is 1.78 bits per heavy atom. The highest BCUT2D eigenvalue weighted by atomic mass is 16.5. The van der Waals surface area contributed by atoms with E-state index in [0.29, 0.717) is 24.0 Å². The molecule has 0 saturated carbocycles. The summed E-state index contributed by atoms with van der Waals surface area (Å²) in [6.07, 6.45) is 4.01. The lowest BCUT2D eigenvalue weighted by atomic mass is 10.1. The van der Waals surface area contributed by atoms with Crippen LogP contribution in [0.5, 0.6) is 11.6 Å². The fourth-order valence-corrected chi connectivity index (χ4v) is 2.86. The van der Waals surface area contributed by atoms with Gasteiger partial charge in [0.05, 0.1) is 24.8 Å². The lowest BCUT2D eigenvalue weighted by Crippen LogP contribution is -2.31. The summed E-state index contributed by atoms with van der Waals surface area (Å²) in [6.45, 7) is 6.45. The van der Waals surface area contributed by atoms with Crippen molar-refractivity contribution in [2.45, 2.75) is 20.8 Å². The summed E-state index contributed by atoms with van der Waals surface area (Å²) < 4.78 is 10.9. The minimum Gasteiger partial charge on any atom is -0.497 e. The Labute approximate surface area is 159 Å². The number of benzene rings is 1. The van der Waals surface area contributed by atoms with Gasteiger partial charge in [0, 0.05) is 16.8 Å². The van der Waals surface area contributed by atoms with Crippen LogP contribution in [0.4, 0.5) is 0 Å². The zero-order valence-corrected chi connectivity index (χ0v) is 16.1. The molecule has 0 aliphatic rings. The predicted molar refractivity (Wildman–Crippen MR) is 108 cm³/mol. The van der Waals surface area contributed by atoms with Gasteiger partial charge in [0.2, 0.25) is 5.88 Å². The molecule has 0 radical (unpaired) electrons. The Balaban J connectivity index is 2.25. The summed E-state index contributed by atoms with van der Waals surface area (Å²) in [5.41, 5.74) is 2.49. The van der Waals surface area contributed by atoms with Crippen LogP contribution in [0.25, 0.3) is 34.9 Å². The van der Waals surface area contributed by atoms with Crippen LogP contribution in [0, 0.1) is 0 Å². The second-order valence-corrected chi connectivity index (χ2v) is 5.80. The topological polar surface area (TPSA) is 57.1 Å². The molecule has 138 valence electrons. The number of ether oxygens (including phenoxy) is 2. The number of nitrogens with zero attached hydrogens (tertiary/aromatic N) is 3. The van der Waals surface area contributed by atoms with Crippen molar-refractivity contribution in [1.29, 1.82) is 0 Å². The van der Waals surface area contributed by atoms with Crippen LogP contribution in [0.1, 0.15) is 20.8 Å². The Morgan fingerprint density at radius 3 is 2.48 bits per heavy atom. The Morgan fingerprint density at radius 1 is 0.963 bits per heavy atom. The molecule has 3 rings (SSSR count). The van der Waals surface area contributed by atoms with Crippen molar-refractivity contribution < 1.29 is 9.47 Å². The number of hydrogen-bond acceptors (Lipinski definition) is 5. The summed E-state index contributed by atoms with van der Waals surface area (Å²) in [6, 6.07) is 13.5. The quantitative estimate of drug-likeness (QED) is 0.698. The van der Waals surface area contributed by atoms with E-state index in [0.717, 1.165) is 27.6 Å². The van der Waals surface area contributed by atoms with Crippen LogP contribution < -0.4 is 20.0 Å². The Bertz CT molecular complexity index is 1060. The molecule has 0 unspecified atom stereocenters. The summed E-state index contributed by atoms with van der Waals surface area (Å²) in [5.74, 6) is 1.91. The normalized spacial score (nSPS) is 12.3. The highest BCUT2D eigenvalue weighted by Gasteiger charge is 2.11. The molecule has 0 bridgehead atoms. The molecule has 27 heavy (non-hydrogen) atoms. The third kappa shape index (κ3) is 3.97. The highest BCUT2D eigenvalue weighted by molar-refractivity contribution is 5.65. The molecule has 0 spiro atoms. The molecule has 3 aromatic rings. The van der Waals surface area contributed by atoms with Gasteiger partial charge >= 0.3 is 0 Å². The van der Waals surface area contributed by atoms with Gasteiger partial charge in [-0.15, -0.1) is 0 Å². The molecule has 0 aliphatic carbocycles. The zero-order valence-electron chi connectivity index (χ0n) is 16.1. The van der Waals surface area contributed by atoms with E-state index < -0.39 is 0 Å². The van der Waals surface area contributed by atoms with E-state index in [1.165, 1.54) is 0 Å². The molecule has 5 heteroatoms. The van der Waals surface area contributed by atoms with Crippen LogP contribution in [0.3, 0.4) is 0 Å². The van der Waals surface area contributed by atoms with E-state index in [1.807, 2.05) is 75.4 Å². The van der Waals surface area contributed by atoms with E-state index in [4.69, 9.17) is 19.4 Å². The third-order valence-electron chi connectivity index (χ3n) is 4.13. The summed E-state index contributed by atoms with van der Waals surface area (Å²) in [5, 5.41) is 1.85. The van der Waals surface area contributed by atoms with Crippen LogP contribution >= 0.6 is 0 Å². The van der Waals surface area contributed by atoms with Gasteiger partial charge < -0.3 is 9.47 Å². The lowest BCUT2D eigenvalue weighted by molar-refractivity contribution is 0.327. The minimum atomic E-state index is 0.560. The van der Waals surface area contributed by atoms with Gasteiger partial charge in [0.25, 0.3) is 0 Å². The van der Waals surface area contributed by atoms with E-state index in [9.17, 15) is 0 Å². The van der Waals surface area contributed by atoms with Gasteiger partial charge in [-0.2, -0.15) is 0 Å². The molecule has 0 amide bonds. The van der Waals surface area contributed by atoms with Gasteiger partial charge in [0.1, 0.15) is 11.4 Å². The lowest BCUT2D eigenvalue weighted by Gasteiger charge is -2.09. The molecular weight excluding hydrogens is 338 g/mol. The second-order valence-electron chi connectivity index (χ2n) is 5.80. The molecule has 0 aliphatic heterocycles. The van der Waals surface area contributed by atoms with Crippen molar-refractivity contribution in [2.75, 3.05) is 13.7 Å². The first kappa shape index (κ1) is 18.6.